The van der Waals surface area contributed by atoms with Crippen LogP contribution in [0.15, 0.2) is 0 Å². The number of carboxylic acid groups (broad SMARTS) is 1. The molecule has 0 aliphatic carbocycles. The first-order chi connectivity index (χ1) is 51.3. The van der Waals surface area contributed by atoms with Gasteiger partial charge in [-0.15, -0.1) is 0 Å². The summed E-state index contributed by atoms with van der Waals surface area (Å²) in [5, 5.41) is 164. The van der Waals surface area contributed by atoms with Gasteiger partial charge in [0.1, 0.15) is 73.2 Å². The molecule has 1 unspecified atom stereocenters. The molecule has 626 valence electrons. The molecular weight excluding hydrogens is 1410 g/mol. The van der Waals surface area contributed by atoms with E-state index in [0.29, 0.717) is 77.8 Å². The van der Waals surface area contributed by atoms with E-state index in [1.54, 1.807) is 11.8 Å². The number of amides is 4. The highest BCUT2D eigenvalue weighted by atomic mass is 16.7. The minimum Gasteiger partial charge on any atom is -0.481 e. The SMILES string of the molecule is C[C@@H]1O[C@@H](OCCNCCN(CC(=O)NCCO[C@@H]2O[C@@H](C)[C@@H](O)[C@@H](O)[C@@H]2O)C(CCCCNCCN(CCNCCCCCNCCNCCNCCCCCC(=O)O)CC(=O)NCCCCCC(=O)NCCO[C@@H]2O[C@@H](C)[C@@H](O)[C@@H](O)[C@@H]2O)C(=O)NCCO[C@@H]2O[C@@H](C)[C@@H](O)[C@@H](O)[C@@H]2O)[C@@H](O)[C@H](O)[C@@H]1O. The first kappa shape index (κ1) is 95.6. The molecule has 38 nitrogen and oxygen atoms in total. The van der Waals surface area contributed by atoms with Crippen molar-refractivity contribution < 1.29 is 128 Å². The summed E-state index contributed by atoms with van der Waals surface area (Å²) in [5.74, 6) is -2.07. The Morgan fingerprint density at radius 1 is 0.327 bits per heavy atom. The third-order valence-electron chi connectivity index (χ3n) is 19.0. The van der Waals surface area contributed by atoms with Crippen molar-refractivity contribution in [2.45, 2.75) is 246 Å². The van der Waals surface area contributed by atoms with Gasteiger partial charge < -0.3 is 157 Å². The Bertz CT molecular complexity index is 2390. The van der Waals surface area contributed by atoms with E-state index in [9.17, 15) is 85.3 Å². The van der Waals surface area contributed by atoms with Crippen LogP contribution in [0.4, 0.5) is 0 Å². The second-order valence-corrected chi connectivity index (χ2v) is 27.9. The molecule has 0 spiro atoms. The smallest absolute Gasteiger partial charge is 0.303 e. The van der Waals surface area contributed by atoms with Crippen molar-refractivity contribution in [2.24, 2.45) is 0 Å². The standard InChI is InChI=1S/C69H134N12O26/c1-44-53(87)57(91)61(95)66(104-44)100-38-31-75-30-37-81(43-51(84)78-33-40-102-68-63(97)59(93)55(89)46(3)106-68)48(65(99)79-34-41-103-69-64(98)60(94)56(90)47(4)107-69)16-10-15-22-73-29-36-80(35-28-72-21-13-7-12-20-71-25-27-74-26-24-70-19-11-6-9-18-52(85)86)42-50(83)76-23-14-5-8-17-49(82)77-32-39-101-67-62(96)58(92)54(88)45(2)105-67/h44-48,53-64,66-75,87-98H,5-43H2,1-4H3,(H,76,83)(H,77,82)(H,78,84)(H,79,99)(H,85,86)/t44-,45-,46-,47-,48?,53+,54+,55+,56+,57+,58+,59+,60+,61-,62-,63-,64-,66+,67+,68+,69+/m0/s1. The lowest BCUT2D eigenvalue weighted by Gasteiger charge is -2.39. The molecule has 38 heteroatoms. The molecule has 4 aliphatic rings. The van der Waals surface area contributed by atoms with Gasteiger partial charge in [0.2, 0.25) is 23.6 Å². The number of carbonyl (C=O) groups excluding carboxylic acids is 4. The van der Waals surface area contributed by atoms with E-state index >= 15 is 0 Å². The maximum absolute atomic E-state index is 14.4. The number of aliphatic hydroxyl groups excluding tert-OH is 12. The average molecular weight is 1550 g/mol. The van der Waals surface area contributed by atoms with Gasteiger partial charge in [-0.2, -0.15) is 0 Å². The van der Waals surface area contributed by atoms with Gasteiger partial charge in [-0.3, -0.25) is 33.8 Å². The van der Waals surface area contributed by atoms with Crippen LogP contribution < -0.4 is 53.2 Å². The van der Waals surface area contributed by atoms with E-state index in [4.69, 9.17) is 43.0 Å². The minimum absolute atomic E-state index is 0.000609. The number of ether oxygens (including phenoxy) is 8. The van der Waals surface area contributed by atoms with E-state index in [-0.39, 0.29) is 110 Å². The monoisotopic (exact) mass is 1550 g/mol. The summed E-state index contributed by atoms with van der Waals surface area (Å²) < 4.78 is 44.6. The number of hydrogen-bond donors (Lipinski definition) is 23. The van der Waals surface area contributed by atoms with Crippen LogP contribution in [-0.2, 0) is 61.9 Å². The number of aliphatic carboxylic acids is 1. The van der Waals surface area contributed by atoms with Gasteiger partial charge in [0, 0.05) is 111 Å². The van der Waals surface area contributed by atoms with E-state index in [1.165, 1.54) is 20.8 Å². The van der Waals surface area contributed by atoms with Crippen LogP contribution in [0.1, 0.15) is 118 Å². The maximum Gasteiger partial charge on any atom is 0.303 e. The highest BCUT2D eigenvalue weighted by molar-refractivity contribution is 5.83. The van der Waals surface area contributed by atoms with E-state index in [0.717, 1.165) is 77.9 Å². The molecule has 23 N–H and O–H groups in total. The average Bonchev–Trinajstić information content (AvgIpc) is 0.841. The molecule has 0 bridgehead atoms. The molecule has 4 amide bonds. The molecule has 4 aliphatic heterocycles. The van der Waals surface area contributed by atoms with Gasteiger partial charge in [0.05, 0.1) is 70.0 Å². The van der Waals surface area contributed by atoms with Gasteiger partial charge in [-0.25, -0.2) is 0 Å². The third-order valence-corrected chi connectivity index (χ3v) is 19.0. The van der Waals surface area contributed by atoms with Crippen molar-refractivity contribution >= 4 is 29.6 Å². The van der Waals surface area contributed by atoms with Gasteiger partial charge in [-0.1, -0.05) is 25.7 Å². The predicted octanol–water partition coefficient (Wildman–Crippen LogP) is -8.12. The highest BCUT2D eigenvalue weighted by Crippen LogP contribution is 2.25. The molecule has 0 aromatic rings. The molecule has 107 heavy (non-hydrogen) atoms. The van der Waals surface area contributed by atoms with Crippen LogP contribution in [0.2, 0.25) is 0 Å². The number of nitrogens with zero attached hydrogens (tertiary/aromatic N) is 2. The lowest BCUT2D eigenvalue weighted by Crippen LogP contribution is -2.57. The van der Waals surface area contributed by atoms with Crippen molar-refractivity contribution in [2.75, 3.05) is 164 Å². The van der Waals surface area contributed by atoms with Crippen LogP contribution in [0.5, 0.6) is 0 Å². The number of hydrogen-bond acceptors (Lipinski definition) is 33. The molecule has 0 saturated carbocycles. The molecule has 0 radical (unpaired) electrons. The first-order valence-corrected chi connectivity index (χ1v) is 38.6. The first-order valence-electron chi connectivity index (χ1n) is 38.6. The van der Waals surface area contributed by atoms with Gasteiger partial charge in [0.25, 0.3) is 0 Å². The van der Waals surface area contributed by atoms with Gasteiger partial charge in [0.15, 0.2) is 25.2 Å². The molecule has 0 aromatic heterocycles. The van der Waals surface area contributed by atoms with E-state index in [1.807, 2.05) is 0 Å². The van der Waals surface area contributed by atoms with E-state index < -0.39 is 147 Å². The normalized spacial score (nSPS) is 29.3. The van der Waals surface area contributed by atoms with Crippen molar-refractivity contribution in [1.29, 1.82) is 0 Å². The van der Waals surface area contributed by atoms with Crippen LogP contribution >= 0.6 is 0 Å². The summed E-state index contributed by atoms with van der Waals surface area (Å²) >= 11 is 0. The Balaban J connectivity index is 1.31. The van der Waals surface area contributed by atoms with Crippen LogP contribution in [0, 0.1) is 0 Å². The topological polar surface area (TPSA) is 549 Å². The second-order valence-electron chi connectivity index (χ2n) is 27.9. The fourth-order valence-electron chi connectivity index (χ4n) is 12.3. The lowest BCUT2D eigenvalue weighted by atomic mass is 10.0. The van der Waals surface area contributed by atoms with Crippen molar-refractivity contribution in [3.05, 3.63) is 0 Å². The zero-order valence-corrected chi connectivity index (χ0v) is 63.2. The maximum atomic E-state index is 14.4. The fraction of sp³-hybridized carbons (Fsp3) is 0.928. The Morgan fingerprint density at radius 2 is 0.654 bits per heavy atom. The van der Waals surface area contributed by atoms with Gasteiger partial charge >= 0.3 is 5.97 Å². The number of unbranched alkanes of at least 4 members (excludes halogenated alkanes) is 7. The lowest BCUT2D eigenvalue weighted by molar-refractivity contribution is -0.292. The summed E-state index contributed by atoms with van der Waals surface area (Å²) in [5.41, 5.74) is 0. The van der Waals surface area contributed by atoms with Crippen LogP contribution in [-0.4, -0.2) is 399 Å². The predicted molar refractivity (Wildman–Crippen MR) is 387 cm³/mol. The number of nitrogens with one attached hydrogen (secondary N) is 10. The highest BCUT2D eigenvalue weighted by Gasteiger charge is 2.46. The molecule has 4 saturated heterocycles. The van der Waals surface area contributed by atoms with Crippen LogP contribution in [0.25, 0.3) is 0 Å². The Hall–Kier alpha value is -3.77. The third kappa shape index (κ3) is 38.1. The minimum atomic E-state index is -1.58. The quantitative estimate of drug-likeness (QED) is 0.0252. The Labute approximate surface area is 629 Å². The van der Waals surface area contributed by atoms with Crippen molar-refractivity contribution in [1.82, 2.24) is 63.0 Å². The van der Waals surface area contributed by atoms with Crippen molar-refractivity contribution in [3.63, 3.8) is 0 Å². The summed E-state index contributed by atoms with van der Waals surface area (Å²) in [6.07, 6.45) is -16.3. The number of rotatable bonds is 60. The zero-order chi connectivity index (χ0) is 78.5. The molecule has 4 heterocycles. The molecule has 4 rings (SSSR count). The largest absolute Gasteiger partial charge is 0.481 e. The summed E-state index contributed by atoms with van der Waals surface area (Å²) in [6, 6.07) is -0.926. The molecule has 0 aromatic carbocycles. The summed E-state index contributed by atoms with van der Waals surface area (Å²) in [7, 11) is 0. The zero-order valence-electron chi connectivity index (χ0n) is 63.2. The molecule has 21 atom stereocenters. The summed E-state index contributed by atoms with van der Waals surface area (Å²) in [4.78, 5) is 68.6. The van der Waals surface area contributed by atoms with Crippen LogP contribution in [0.3, 0.4) is 0 Å². The summed E-state index contributed by atoms with van der Waals surface area (Å²) in [6.45, 7) is 15.4. The number of carbonyl (C=O) groups is 5. The number of aliphatic hydroxyl groups is 12. The fourth-order valence-corrected chi connectivity index (χ4v) is 12.3. The molecular formula is C69H134N12O26. The van der Waals surface area contributed by atoms with E-state index in [2.05, 4.69) is 58.1 Å². The molecule has 4 fully saturated rings. The van der Waals surface area contributed by atoms with Gasteiger partial charge in [-0.05, 0) is 105 Å². The Kier molecular flexibility index (Phi) is 49.7. The van der Waals surface area contributed by atoms with Crippen molar-refractivity contribution in [3.8, 4) is 0 Å². The number of carboxylic acids is 1. The second kappa shape index (κ2) is 55.6. The Morgan fingerprint density at radius 3 is 1.09 bits per heavy atom.